The van der Waals surface area contributed by atoms with Crippen LogP contribution < -0.4 is 9.49 Å². The number of hydrogen-bond donors (Lipinski definition) is 0. The Hall–Kier alpha value is -3.14. The van der Waals surface area contributed by atoms with E-state index in [4.69, 9.17) is 26.9 Å². The average Bonchev–Trinajstić information content (AvgIpc) is 3.36. The number of piperazine rings is 1. The van der Waals surface area contributed by atoms with Crippen molar-refractivity contribution in [3.8, 4) is 0 Å². The van der Waals surface area contributed by atoms with E-state index in [0.717, 1.165) is 5.56 Å². The Morgan fingerprint density at radius 3 is 2.67 bits per heavy atom. The molecule has 2 aromatic rings. The summed E-state index contributed by atoms with van der Waals surface area (Å²) in [6.07, 6.45) is 2.05. The van der Waals surface area contributed by atoms with Crippen LogP contribution in [0.3, 0.4) is 0 Å². The first-order valence-corrected chi connectivity index (χ1v) is 9.88. The van der Waals surface area contributed by atoms with Gasteiger partial charge in [-0.05, 0) is 19.1 Å². The number of carbonyl (C=O) groups excluding carboxylic acids is 1. The van der Waals surface area contributed by atoms with Crippen molar-refractivity contribution >= 4 is 34.7 Å². The molecule has 0 saturated carbocycles. The first-order chi connectivity index (χ1) is 14.4. The van der Waals surface area contributed by atoms with E-state index >= 15 is 4.39 Å². The van der Waals surface area contributed by atoms with Gasteiger partial charge in [-0.1, -0.05) is 16.8 Å². The molecule has 0 N–H and O–H groups in total. The molecule has 0 spiro atoms. The van der Waals surface area contributed by atoms with Gasteiger partial charge in [0.2, 0.25) is 0 Å². The number of thiocarbonyl (C=S) groups is 1. The molecule has 11 heteroatoms. The van der Waals surface area contributed by atoms with Gasteiger partial charge in [0.1, 0.15) is 23.0 Å². The van der Waals surface area contributed by atoms with Gasteiger partial charge in [0, 0.05) is 49.4 Å². The summed E-state index contributed by atoms with van der Waals surface area (Å²) in [5.41, 5.74) is 10.5. The van der Waals surface area contributed by atoms with E-state index in [1.165, 1.54) is 6.07 Å². The largest absolute Gasteiger partial charge is 0.537 e. The number of ether oxygens (including phenoxy) is 1. The third-order valence-corrected chi connectivity index (χ3v) is 5.85. The first kappa shape index (κ1) is 20.1. The fraction of sp³-hybridized carbons (Fsp3) is 0.368. The highest BCUT2D eigenvalue weighted by atomic mass is 32.1. The number of anilines is 1. The maximum atomic E-state index is 15.0. The molecule has 1 aromatic carbocycles. The molecule has 2 fully saturated rings. The molecule has 9 nitrogen and oxygen atoms in total. The Balaban J connectivity index is 1.51. The van der Waals surface area contributed by atoms with Crippen LogP contribution in [0.5, 0.6) is 0 Å². The lowest BCUT2D eigenvalue weighted by atomic mass is 10.2. The fourth-order valence-electron chi connectivity index (χ4n) is 3.85. The molecule has 30 heavy (non-hydrogen) atoms. The molecule has 2 saturated heterocycles. The zero-order valence-corrected chi connectivity index (χ0v) is 17.1. The van der Waals surface area contributed by atoms with Gasteiger partial charge >= 0.3 is 6.09 Å². The molecule has 0 bridgehead atoms. The molecule has 2 aliphatic rings. The van der Waals surface area contributed by atoms with E-state index in [0.29, 0.717) is 36.9 Å². The number of amides is 1. The van der Waals surface area contributed by atoms with Crippen molar-refractivity contribution in [3.05, 3.63) is 58.6 Å². The van der Waals surface area contributed by atoms with Crippen molar-refractivity contribution in [1.29, 1.82) is 0 Å². The van der Waals surface area contributed by atoms with Crippen molar-refractivity contribution in [2.45, 2.75) is 13.0 Å². The Kier molecular flexibility index (Phi) is 5.33. The first-order valence-electron chi connectivity index (χ1n) is 9.47. The number of halogens is 1. The minimum absolute atomic E-state index is 0.117. The molecule has 2 atom stereocenters. The number of nitrogens with zero attached hydrogens (tertiary/aromatic N) is 6. The third kappa shape index (κ3) is 3.47. The number of quaternary nitrogens is 1. The van der Waals surface area contributed by atoms with Gasteiger partial charge in [0.15, 0.2) is 17.6 Å². The lowest BCUT2D eigenvalue weighted by molar-refractivity contribution is 0.138. The number of azide groups is 1. The summed E-state index contributed by atoms with van der Waals surface area (Å²) in [4.78, 5) is 19.8. The molecule has 1 aromatic heterocycles. The second kappa shape index (κ2) is 7.94. The van der Waals surface area contributed by atoms with E-state index in [1.54, 1.807) is 31.6 Å². The van der Waals surface area contributed by atoms with Gasteiger partial charge in [-0.15, -0.1) is 0 Å². The topological polar surface area (TPSA) is 94.7 Å². The Morgan fingerprint density at radius 1 is 1.33 bits per heavy atom. The lowest BCUT2D eigenvalue weighted by Gasteiger charge is -2.37. The maximum Gasteiger partial charge on any atom is 0.537 e. The highest BCUT2D eigenvalue weighted by molar-refractivity contribution is 7.80. The Bertz CT molecular complexity index is 1020. The van der Waals surface area contributed by atoms with Gasteiger partial charge in [-0.25, -0.2) is 4.39 Å². The van der Waals surface area contributed by atoms with Crippen LogP contribution in [0.1, 0.15) is 12.5 Å². The van der Waals surface area contributed by atoms with Crippen LogP contribution in [-0.4, -0.2) is 54.8 Å². The van der Waals surface area contributed by atoms with Gasteiger partial charge < -0.3 is 19.0 Å². The van der Waals surface area contributed by atoms with Crippen LogP contribution in [-0.2, 0) is 4.74 Å². The zero-order valence-electron chi connectivity index (χ0n) is 16.3. The molecule has 156 valence electrons. The SMILES string of the molecule is CC1C[N+](N=[N+]=[N-])(c2ccc(N3CCN(C(=S)c4ccoc4)CC3)c(F)c2)C(=O)O1. The highest BCUT2D eigenvalue weighted by Gasteiger charge is 2.51. The van der Waals surface area contributed by atoms with Crippen molar-refractivity contribution in [2.24, 2.45) is 5.22 Å². The van der Waals surface area contributed by atoms with Gasteiger partial charge in [0.25, 0.3) is 0 Å². The minimum Gasteiger partial charge on any atom is -0.472 e. The normalized spacial score (nSPS) is 23.8. The fourth-order valence-corrected chi connectivity index (χ4v) is 4.15. The average molecular weight is 431 g/mol. The van der Waals surface area contributed by atoms with E-state index in [1.807, 2.05) is 11.0 Å². The number of hydrogen-bond acceptors (Lipinski definition) is 6. The van der Waals surface area contributed by atoms with Gasteiger partial charge in [-0.3, -0.25) is 0 Å². The van der Waals surface area contributed by atoms with E-state index in [-0.39, 0.29) is 12.2 Å². The molecule has 0 aliphatic carbocycles. The van der Waals surface area contributed by atoms with Gasteiger partial charge in [-0.2, -0.15) is 4.79 Å². The number of benzene rings is 1. The van der Waals surface area contributed by atoms with Crippen LogP contribution in [0.4, 0.5) is 20.6 Å². The molecular formula is C19H20FN6O3S+. The van der Waals surface area contributed by atoms with Crippen LogP contribution >= 0.6 is 12.2 Å². The Morgan fingerprint density at radius 2 is 2.10 bits per heavy atom. The predicted molar refractivity (Wildman–Crippen MR) is 112 cm³/mol. The summed E-state index contributed by atoms with van der Waals surface area (Å²) in [5, 5.41) is 3.63. The molecule has 4 rings (SSSR count). The smallest absolute Gasteiger partial charge is 0.472 e. The van der Waals surface area contributed by atoms with E-state index < -0.39 is 22.6 Å². The zero-order chi connectivity index (χ0) is 21.3. The molecule has 2 unspecified atom stereocenters. The summed E-state index contributed by atoms with van der Waals surface area (Å²) in [7, 11) is 0. The van der Waals surface area contributed by atoms with Crippen molar-refractivity contribution in [3.63, 3.8) is 0 Å². The standard InChI is InChI=1S/C19H20FN6O3S/c1-13-11-26(23-22-21,19(27)29-13)15-2-3-17(16(20)10-15)24-5-7-25(8-6-24)18(30)14-4-9-28-12-14/h2-4,9-10,12-13H,5-8,11H2,1H3/q+1. The Labute approximate surface area is 177 Å². The molecule has 0 radical (unpaired) electrons. The highest BCUT2D eigenvalue weighted by Crippen LogP contribution is 2.35. The second-order valence-corrected chi connectivity index (χ2v) is 7.64. The van der Waals surface area contributed by atoms with Crippen LogP contribution in [0.25, 0.3) is 10.4 Å². The summed E-state index contributed by atoms with van der Waals surface area (Å²) in [6, 6.07) is 6.28. The van der Waals surface area contributed by atoms with Crippen LogP contribution in [0.2, 0.25) is 0 Å². The number of rotatable bonds is 4. The predicted octanol–water partition coefficient (Wildman–Crippen LogP) is 3.99. The summed E-state index contributed by atoms with van der Waals surface area (Å²) in [6.45, 7) is 4.28. The molecule has 1 amide bonds. The van der Waals surface area contributed by atoms with Crippen molar-refractivity contribution in [2.75, 3.05) is 37.6 Å². The summed E-state index contributed by atoms with van der Waals surface area (Å²) in [5.74, 6) is -0.489. The molecular weight excluding hydrogens is 411 g/mol. The minimum atomic E-state index is -0.735. The van der Waals surface area contributed by atoms with Gasteiger partial charge in [0.05, 0.1) is 16.9 Å². The monoisotopic (exact) mass is 431 g/mol. The second-order valence-electron chi connectivity index (χ2n) is 7.25. The van der Waals surface area contributed by atoms with Crippen molar-refractivity contribution < 1.29 is 18.3 Å². The third-order valence-electron chi connectivity index (χ3n) is 5.35. The van der Waals surface area contributed by atoms with Crippen LogP contribution in [0.15, 0.2) is 46.4 Å². The van der Waals surface area contributed by atoms with E-state index in [2.05, 4.69) is 15.0 Å². The molecule has 2 aliphatic heterocycles. The molecule has 3 heterocycles. The van der Waals surface area contributed by atoms with E-state index in [9.17, 15) is 4.79 Å². The lowest BCUT2D eigenvalue weighted by Crippen LogP contribution is -2.48. The number of cyclic esters (lactones) is 1. The maximum absolute atomic E-state index is 15.0. The summed E-state index contributed by atoms with van der Waals surface area (Å²) >= 11 is 5.50. The van der Waals surface area contributed by atoms with Crippen LogP contribution in [0, 0.1) is 5.82 Å². The van der Waals surface area contributed by atoms with Crippen molar-refractivity contribution in [1.82, 2.24) is 9.49 Å². The number of carbonyl (C=O) groups is 1. The number of furan rings is 1. The summed E-state index contributed by atoms with van der Waals surface area (Å²) < 4.78 is 24.5. The quantitative estimate of drug-likeness (QED) is 0.239.